The Hall–Kier alpha value is -5.08. The van der Waals surface area contributed by atoms with Gasteiger partial charge < -0.3 is 20.1 Å². The highest BCUT2D eigenvalue weighted by molar-refractivity contribution is 6.53. The van der Waals surface area contributed by atoms with Crippen molar-refractivity contribution in [3.8, 4) is 17.2 Å². The minimum atomic E-state index is -0.658. The van der Waals surface area contributed by atoms with Crippen LogP contribution in [0.1, 0.15) is 10.4 Å². The Morgan fingerprint density at radius 1 is 0.744 bits per heavy atom. The molecule has 0 saturated heterocycles. The molecule has 0 fully saturated rings. The number of amides is 3. The fourth-order valence-corrected chi connectivity index (χ4v) is 4.11. The second-order valence-corrected chi connectivity index (χ2v) is 8.81. The van der Waals surface area contributed by atoms with Crippen molar-refractivity contribution in [1.29, 1.82) is 0 Å². The molecule has 4 aromatic rings. The van der Waals surface area contributed by atoms with Crippen molar-refractivity contribution in [3.63, 3.8) is 0 Å². The Balaban J connectivity index is 1.28. The lowest BCUT2D eigenvalue weighted by atomic mass is 10.1. The molecule has 1 aliphatic rings. The average molecular weight is 540 g/mol. The van der Waals surface area contributed by atoms with Gasteiger partial charge in [0.15, 0.2) is 0 Å². The Labute approximate surface area is 229 Å². The summed E-state index contributed by atoms with van der Waals surface area (Å²) in [6.45, 7) is 0. The molecule has 2 N–H and O–H groups in total. The maximum atomic E-state index is 13.2. The molecule has 0 radical (unpaired) electrons. The third-order valence-electron chi connectivity index (χ3n) is 5.84. The Bertz CT molecular complexity index is 1570. The van der Waals surface area contributed by atoms with Gasteiger partial charge in [-0.2, -0.15) is 0 Å². The molecule has 0 aliphatic carbocycles. The molecule has 1 aliphatic heterocycles. The van der Waals surface area contributed by atoms with E-state index >= 15 is 0 Å². The third-order valence-corrected chi connectivity index (χ3v) is 6.19. The minimum Gasteiger partial charge on any atom is -0.497 e. The quantitative estimate of drug-likeness (QED) is 0.260. The fourth-order valence-electron chi connectivity index (χ4n) is 3.89. The number of methoxy groups -OCH3 is 1. The molecular formula is C30H22ClN3O5. The monoisotopic (exact) mass is 539 g/mol. The molecule has 1 heterocycles. The summed E-state index contributed by atoms with van der Waals surface area (Å²) in [6.07, 6.45) is 0. The second kappa shape index (κ2) is 11.1. The Morgan fingerprint density at radius 3 is 2.10 bits per heavy atom. The highest BCUT2D eigenvalue weighted by atomic mass is 35.5. The number of anilines is 3. The van der Waals surface area contributed by atoms with Gasteiger partial charge in [-0.3, -0.25) is 14.4 Å². The zero-order chi connectivity index (χ0) is 27.4. The molecule has 194 valence electrons. The van der Waals surface area contributed by atoms with Crippen LogP contribution in [0.15, 0.2) is 114 Å². The number of benzene rings is 4. The van der Waals surface area contributed by atoms with Crippen LogP contribution in [-0.4, -0.2) is 24.8 Å². The summed E-state index contributed by atoms with van der Waals surface area (Å²) in [5, 5.41) is 5.45. The predicted molar refractivity (Wildman–Crippen MR) is 149 cm³/mol. The summed E-state index contributed by atoms with van der Waals surface area (Å²) in [5.74, 6) is 0.257. The number of imide groups is 1. The van der Waals surface area contributed by atoms with Crippen molar-refractivity contribution in [2.24, 2.45) is 0 Å². The van der Waals surface area contributed by atoms with Crippen LogP contribution in [-0.2, 0) is 9.59 Å². The van der Waals surface area contributed by atoms with Crippen LogP contribution in [0, 0.1) is 0 Å². The number of hydrogen-bond donors (Lipinski definition) is 2. The molecule has 0 bridgehead atoms. The van der Waals surface area contributed by atoms with Crippen molar-refractivity contribution < 1.29 is 23.9 Å². The van der Waals surface area contributed by atoms with Gasteiger partial charge in [0.25, 0.3) is 17.7 Å². The molecule has 0 atom stereocenters. The molecule has 0 unspecified atom stereocenters. The van der Waals surface area contributed by atoms with E-state index in [9.17, 15) is 14.4 Å². The first kappa shape index (κ1) is 25.6. The van der Waals surface area contributed by atoms with Crippen LogP contribution < -0.4 is 25.0 Å². The number of nitrogens with one attached hydrogen (secondary N) is 2. The van der Waals surface area contributed by atoms with Crippen molar-refractivity contribution in [2.45, 2.75) is 0 Å². The first-order chi connectivity index (χ1) is 18.9. The molecule has 8 nitrogen and oxygen atoms in total. The number of carbonyl (C=O) groups is 3. The number of carbonyl (C=O) groups excluding carboxylic acids is 3. The summed E-state index contributed by atoms with van der Waals surface area (Å²) in [7, 11) is 1.56. The van der Waals surface area contributed by atoms with Crippen LogP contribution in [0.4, 0.5) is 17.1 Å². The normalized spacial score (nSPS) is 12.9. The number of hydrogen-bond acceptors (Lipinski definition) is 6. The zero-order valence-corrected chi connectivity index (χ0v) is 21.4. The highest BCUT2D eigenvalue weighted by Gasteiger charge is 2.39. The number of rotatable bonds is 8. The zero-order valence-electron chi connectivity index (χ0n) is 20.7. The lowest BCUT2D eigenvalue weighted by Gasteiger charge is -2.16. The molecular weight excluding hydrogens is 518 g/mol. The lowest BCUT2D eigenvalue weighted by molar-refractivity contribution is -0.120. The van der Waals surface area contributed by atoms with Gasteiger partial charge in [0.2, 0.25) is 0 Å². The fraction of sp³-hybridized carbons (Fsp3) is 0.0333. The van der Waals surface area contributed by atoms with Crippen LogP contribution in [0.2, 0.25) is 0 Å². The van der Waals surface area contributed by atoms with Gasteiger partial charge in [0, 0.05) is 16.9 Å². The minimum absolute atomic E-state index is 0.0843. The number of ether oxygens (including phenoxy) is 2. The maximum Gasteiger partial charge on any atom is 0.283 e. The smallest absolute Gasteiger partial charge is 0.283 e. The number of halogens is 1. The summed E-state index contributed by atoms with van der Waals surface area (Å²) in [6, 6.07) is 29.2. The van der Waals surface area contributed by atoms with E-state index in [-0.39, 0.29) is 16.6 Å². The van der Waals surface area contributed by atoms with Crippen molar-refractivity contribution in [2.75, 3.05) is 22.6 Å². The van der Waals surface area contributed by atoms with Crippen LogP contribution in [0.25, 0.3) is 0 Å². The summed E-state index contributed by atoms with van der Waals surface area (Å²) in [5.41, 5.74) is 1.61. The van der Waals surface area contributed by atoms with Gasteiger partial charge in [-0.05, 0) is 78.9 Å². The molecule has 5 rings (SSSR count). The Morgan fingerprint density at radius 2 is 1.41 bits per heavy atom. The molecule has 9 heteroatoms. The van der Waals surface area contributed by atoms with Gasteiger partial charge in [0.05, 0.1) is 12.8 Å². The Kier molecular flexibility index (Phi) is 7.29. The van der Waals surface area contributed by atoms with E-state index < -0.39 is 11.8 Å². The molecule has 0 spiro atoms. The van der Waals surface area contributed by atoms with Gasteiger partial charge >= 0.3 is 0 Å². The summed E-state index contributed by atoms with van der Waals surface area (Å²) in [4.78, 5) is 39.8. The van der Waals surface area contributed by atoms with Crippen molar-refractivity contribution in [3.05, 3.63) is 119 Å². The second-order valence-electron chi connectivity index (χ2n) is 8.43. The highest BCUT2D eigenvalue weighted by Crippen LogP contribution is 2.32. The largest absolute Gasteiger partial charge is 0.497 e. The van der Waals surface area contributed by atoms with E-state index in [0.29, 0.717) is 39.9 Å². The van der Waals surface area contributed by atoms with Gasteiger partial charge in [-0.25, -0.2) is 4.90 Å². The first-order valence-corrected chi connectivity index (χ1v) is 12.2. The molecule has 39 heavy (non-hydrogen) atoms. The van der Waals surface area contributed by atoms with E-state index in [1.165, 1.54) is 0 Å². The SMILES string of the molecule is COc1ccc(NC(=O)c2cccc(NC3=C(Cl)C(=O)N(c4ccc(Oc5ccccc5)cc4)C3=O)c2)cc1. The van der Waals surface area contributed by atoms with Crippen molar-refractivity contribution in [1.82, 2.24) is 0 Å². The van der Waals surface area contributed by atoms with Gasteiger partial charge in [-0.1, -0.05) is 35.9 Å². The summed E-state index contributed by atoms with van der Waals surface area (Å²) < 4.78 is 10.9. The van der Waals surface area contributed by atoms with E-state index in [0.717, 1.165) is 4.90 Å². The van der Waals surface area contributed by atoms with E-state index in [2.05, 4.69) is 10.6 Å². The van der Waals surface area contributed by atoms with Crippen LogP contribution in [0.5, 0.6) is 17.2 Å². The van der Waals surface area contributed by atoms with E-state index in [1.807, 2.05) is 30.3 Å². The van der Waals surface area contributed by atoms with Crippen molar-refractivity contribution >= 4 is 46.4 Å². The average Bonchev–Trinajstić information content (AvgIpc) is 3.17. The first-order valence-electron chi connectivity index (χ1n) is 11.9. The predicted octanol–water partition coefficient (Wildman–Crippen LogP) is 6.18. The van der Waals surface area contributed by atoms with Gasteiger partial charge in [0.1, 0.15) is 28.0 Å². The molecule has 0 aromatic heterocycles. The standard InChI is InChI=1S/C30H22ClN3O5/c1-38-23-14-10-20(11-15-23)33-28(35)19-6-5-7-21(18-19)32-27-26(31)29(36)34(30(27)37)22-12-16-25(17-13-22)39-24-8-3-2-4-9-24/h2-18,32H,1H3,(H,33,35). The number of para-hydroxylation sites is 1. The molecule has 3 amide bonds. The lowest BCUT2D eigenvalue weighted by Crippen LogP contribution is -2.32. The number of nitrogens with zero attached hydrogens (tertiary/aromatic N) is 1. The van der Waals surface area contributed by atoms with Gasteiger partial charge in [-0.15, -0.1) is 0 Å². The molecule has 4 aromatic carbocycles. The topological polar surface area (TPSA) is 97.0 Å². The van der Waals surface area contributed by atoms with Crippen LogP contribution >= 0.6 is 11.6 Å². The van der Waals surface area contributed by atoms with Crippen LogP contribution in [0.3, 0.4) is 0 Å². The van der Waals surface area contributed by atoms with E-state index in [1.54, 1.807) is 79.9 Å². The van der Waals surface area contributed by atoms with E-state index in [4.69, 9.17) is 21.1 Å². The summed E-state index contributed by atoms with van der Waals surface area (Å²) >= 11 is 6.28. The third kappa shape index (κ3) is 5.61. The molecule has 0 saturated carbocycles. The maximum absolute atomic E-state index is 13.2.